The molecule has 1 aliphatic rings. The van der Waals surface area contributed by atoms with E-state index in [-0.39, 0.29) is 5.54 Å². The van der Waals surface area contributed by atoms with Crippen LogP contribution in [0.15, 0.2) is 0 Å². The first-order valence-corrected chi connectivity index (χ1v) is 4.10. The van der Waals surface area contributed by atoms with Gasteiger partial charge in [-0.15, -0.1) is 0 Å². The Morgan fingerprint density at radius 1 is 1.50 bits per heavy atom. The normalized spacial score (nSPS) is 24.9. The Bertz CT molecular complexity index is 106. The van der Waals surface area contributed by atoms with Crippen molar-refractivity contribution in [2.75, 3.05) is 6.61 Å². The van der Waals surface area contributed by atoms with Crippen molar-refractivity contribution in [1.82, 2.24) is 0 Å². The molecule has 1 aliphatic heterocycles. The molecule has 2 heteroatoms. The molecule has 60 valence electrons. The molecule has 0 aromatic heterocycles. The Kier molecular flexibility index (Phi) is 2.32. The second-order valence-electron chi connectivity index (χ2n) is 3.23. The summed E-state index contributed by atoms with van der Waals surface area (Å²) in [6, 6.07) is 0. The number of rotatable bonds is 4. The van der Waals surface area contributed by atoms with E-state index in [1.807, 2.05) is 0 Å². The SMILES string of the molecule is CCC(N)(CC)CC1CO1. The summed E-state index contributed by atoms with van der Waals surface area (Å²) in [6.07, 6.45) is 3.64. The number of epoxide rings is 1. The summed E-state index contributed by atoms with van der Waals surface area (Å²) >= 11 is 0. The van der Waals surface area contributed by atoms with Gasteiger partial charge in [0.2, 0.25) is 0 Å². The third kappa shape index (κ3) is 1.96. The molecule has 1 fully saturated rings. The van der Waals surface area contributed by atoms with Crippen molar-refractivity contribution in [3.63, 3.8) is 0 Å². The van der Waals surface area contributed by atoms with E-state index in [4.69, 9.17) is 10.5 Å². The average Bonchev–Trinajstić information content (AvgIpc) is 2.72. The Morgan fingerprint density at radius 2 is 2.00 bits per heavy atom. The second kappa shape index (κ2) is 2.89. The maximum Gasteiger partial charge on any atom is 0.0827 e. The van der Waals surface area contributed by atoms with Crippen LogP contribution < -0.4 is 5.73 Å². The molecule has 0 aromatic carbocycles. The van der Waals surface area contributed by atoms with Crippen LogP contribution in [0.5, 0.6) is 0 Å². The van der Waals surface area contributed by atoms with Crippen LogP contribution in [0, 0.1) is 0 Å². The first kappa shape index (κ1) is 8.02. The molecule has 1 saturated heterocycles. The first-order valence-electron chi connectivity index (χ1n) is 4.10. The third-order valence-corrected chi connectivity index (χ3v) is 2.44. The van der Waals surface area contributed by atoms with E-state index in [1.54, 1.807) is 0 Å². The molecule has 1 atom stereocenters. The summed E-state index contributed by atoms with van der Waals surface area (Å²) in [5.41, 5.74) is 6.10. The standard InChI is InChI=1S/C8H17NO/c1-3-8(9,4-2)5-7-6-10-7/h7H,3-6,9H2,1-2H3. The molecule has 2 nitrogen and oxygen atoms in total. The van der Waals surface area contributed by atoms with E-state index in [9.17, 15) is 0 Å². The quantitative estimate of drug-likeness (QED) is 0.602. The number of nitrogens with two attached hydrogens (primary N) is 1. The van der Waals surface area contributed by atoms with Crippen molar-refractivity contribution in [3.05, 3.63) is 0 Å². The number of hydrogen-bond acceptors (Lipinski definition) is 2. The molecule has 0 radical (unpaired) electrons. The lowest BCUT2D eigenvalue weighted by atomic mass is 9.89. The van der Waals surface area contributed by atoms with Crippen LogP contribution in [0.2, 0.25) is 0 Å². The molecule has 0 saturated carbocycles. The summed E-state index contributed by atoms with van der Waals surface area (Å²) in [5, 5.41) is 0. The number of ether oxygens (including phenoxy) is 1. The highest BCUT2D eigenvalue weighted by Gasteiger charge is 2.32. The zero-order chi connectivity index (χ0) is 7.61. The molecule has 0 spiro atoms. The van der Waals surface area contributed by atoms with Crippen molar-refractivity contribution < 1.29 is 4.74 Å². The molecule has 10 heavy (non-hydrogen) atoms. The molecule has 0 amide bonds. The smallest absolute Gasteiger partial charge is 0.0827 e. The lowest BCUT2D eigenvalue weighted by Gasteiger charge is -2.25. The van der Waals surface area contributed by atoms with E-state index >= 15 is 0 Å². The molecule has 1 heterocycles. The lowest BCUT2D eigenvalue weighted by Crippen LogP contribution is -2.39. The van der Waals surface area contributed by atoms with Crippen LogP contribution in [0.4, 0.5) is 0 Å². The molecule has 0 aromatic rings. The van der Waals surface area contributed by atoms with Crippen molar-refractivity contribution in [1.29, 1.82) is 0 Å². The van der Waals surface area contributed by atoms with Crippen LogP contribution in [-0.2, 0) is 4.74 Å². The zero-order valence-electron chi connectivity index (χ0n) is 6.89. The fourth-order valence-corrected chi connectivity index (χ4v) is 1.18. The van der Waals surface area contributed by atoms with Gasteiger partial charge in [-0.3, -0.25) is 0 Å². The van der Waals surface area contributed by atoms with Gasteiger partial charge in [0.15, 0.2) is 0 Å². The minimum atomic E-state index is 0.0428. The van der Waals surface area contributed by atoms with Gasteiger partial charge >= 0.3 is 0 Å². The molecule has 0 aliphatic carbocycles. The van der Waals surface area contributed by atoms with Crippen LogP contribution in [0.1, 0.15) is 33.1 Å². The first-order chi connectivity index (χ1) is 4.70. The van der Waals surface area contributed by atoms with Gasteiger partial charge in [0, 0.05) is 5.54 Å². The minimum absolute atomic E-state index is 0.0428. The van der Waals surface area contributed by atoms with Crippen LogP contribution in [0.3, 0.4) is 0 Å². The Labute approximate surface area is 62.7 Å². The largest absolute Gasteiger partial charge is 0.373 e. The minimum Gasteiger partial charge on any atom is -0.373 e. The van der Waals surface area contributed by atoms with E-state index < -0.39 is 0 Å². The van der Waals surface area contributed by atoms with E-state index in [2.05, 4.69) is 13.8 Å². The van der Waals surface area contributed by atoms with Crippen LogP contribution in [0.25, 0.3) is 0 Å². The summed E-state index contributed by atoms with van der Waals surface area (Å²) in [6.45, 7) is 5.22. The van der Waals surface area contributed by atoms with E-state index in [0.29, 0.717) is 6.10 Å². The molecule has 1 rings (SSSR count). The highest BCUT2D eigenvalue weighted by atomic mass is 16.6. The molecular formula is C8H17NO. The van der Waals surface area contributed by atoms with Crippen molar-refractivity contribution in [2.24, 2.45) is 5.73 Å². The maximum atomic E-state index is 6.06. The Hall–Kier alpha value is -0.0800. The van der Waals surface area contributed by atoms with Gasteiger partial charge in [-0.2, -0.15) is 0 Å². The zero-order valence-corrected chi connectivity index (χ0v) is 6.89. The van der Waals surface area contributed by atoms with Gasteiger partial charge in [-0.1, -0.05) is 13.8 Å². The van der Waals surface area contributed by atoms with Gasteiger partial charge in [-0.05, 0) is 19.3 Å². The Morgan fingerprint density at radius 3 is 2.30 bits per heavy atom. The highest BCUT2D eigenvalue weighted by molar-refractivity contribution is 4.87. The average molecular weight is 143 g/mol. The van der Waals surface area contributed by atoms with E-state index in [1.165, 1.54) is 0 Å². The molecule has 2 N–H and O–H groups in total. The summed E-state index contributed by atoms with van der Waals surface area (Å²) in [7, 11) is 0. The predicted octanol–water partition coefficient (Wildman–Crippen LogP) is 1.29. The summed E-state index contributed by atoms with van der Waals surface area (Å²) in [4.78, 5) is 0. The van der Waals surface area contributed by atoms with Gasteiger partial charge in [-0.25, -0.2) is 0 Å². The van der Waals surface area contributed by atoms with Gasteiger partial charge in [0.05, 0.1) is 12.7 Å². The van der Waals surface area contributed by atoms with Crippen molar-refractivity contribution >= 4 is 0 Å². The highest BCUT2D eigenvalue weighted by Crippen LogP contribution is 2.25. The summed E-state index contributed by atoms with van der Waals surface area (Å²) in [5.74, 6) is 0. The lowest BCUT2D eigenvalue weighted by molar-refractivity contribution is 0.302. The van der Waals surface area contributed by atoms with Crippen molar-refractivity contribution in [2.45, 2.75) is 44.8 Å². The fourth-order valence-electron chi connectivity index (χ4n) is 1.18. The molecule has 0 bridgehead atoms. The topological polar surface area (TPSA) is 38.5 Å². The van der Waals surface area contributed by atoms with Gasteiger partial charge < -0.3 is 10.5 Å². The maximum absolute atomic E-state index is 6.06. The molecular weight excluding hydrogens is 126 g/mol. The third-order valence-electron chi connectivity index (χ3n) is 2.44. The van der Waals surface area contributed by atoms with Crippen LogP contribution in [-0.4, -0.2) is 18.2 Å². The number of hydrogen-bond donors (Lipinski definition) is 1. The van der Waals surface area contributed by atoms with Gasteiger partial charge in [0.25, 0.3) is 0 Å². The second-order valence-corrected chi connectivity index (χ2v) is 3.23. The predicted molar refractivity (Wildman–Crippen MR) is 41.9 cm³/mol. The van der Waals surface area contributed by atoms with Crippen molar-refractivity contribution in [3.8, 4) is 0 Å². The van der Waals surface area contributed by atoms with Gasteiger partial charge in [0.1, 0.15) is 0 Å². The summed E-state index contributed by atoms with van der Waals surface area (Å²) < 4.78 is 5.13. The van der Waals surface area contributed by atoms with E-state index in [0.717, 1.165) is 25.9 Å². The van der Waals surface area contributed by atoms with Crippen LogP contribution >= 0.6 is 0 Å². The monoisotopic (exact) mass is 143 g/mol. The molecule has 1 unspecified atom stereocenters. The Balaban J connectivity index is 2.29. The fraction of sp³-hybridized carbons (Fsp3) is 1.00.